The van der Waals surface area contributed by atoms with Crippen molar-refractivity contribution in [3.05, 3.63) is 75.6 Å². The van der Waals surface area contributed by atoms with Crippen molar-refractivity contribution in [1.29, 1.82) is 0 Å². The number of methoxy groups -OCH3 is 1. The van der Waals surface area contributed by atoms with Gasteiger partial charge < -0.3 is 34.9 Å². The Kier molecular flexibility index (Phi) is 10.8. The number of nitrogens with zero attached hydrogens (tertiary/aromatic N) is 5. The molecular weight excluding hydrogens is 701 g/mol. The zero-order valence-electron chi connectivity index (χ0n) is 26.6. The molecule has 50 heavy (non-hydrogen) atoms. The highest BCUT2D eigenvalue weighted by Crippen LogP contribution is 2.64. The maximum absolute atomic E-state index is 14.6. The van der Waals surface area contributed by atoms with Crippen LogP contribution in [0.2, 0.25) is 0 Å². The summed E-state index contributed by atoms with van der Waals surface area (Å²) < 4.78 is 52.0. The fourth-order valence-electron chi connectivity index (χ4n) is 5.59. The first kappa shape index (κ1) is 35.8. The van der Waals surface area contributed by atoms with Crippen LogP contribution in [0.15, 0.2) is 58.8 Å². The minimum absolute atomic E-state index is 0.0916. The van der Waals surface area contributed by atoms with Crippen LogP contribution < -0.4 is 21.7 Å². The van der Waals surface area contributed by atoms with Crippen LogP contribution in [0.4, 0.5) is 5.82 Å². The molecule has 1 aromatic carbocycles. The summed E-state index contributed by atoms with van der Waals surface area (Å²) in [5.41, 5.74) is 5.93. The number of nitrogens with two attached hydrogens (primary N) is 1. The second-order valence-corrected chi connectivity index (χ2v) is 15.3. The Morgan fingerprint density at radius 2 is 1.90 bits per heavy atom. The number of anilines is 1. The van der Waals surface area contributed by atoms with E-state index in [1.807, 2.05) is 0 Å². The van der Waals surface area contributed by atoms with Crippen LogP contribution in [-0.2, 0) is 38.4 Å². The van der Waals surface area contributed by atoms with Crippen LogP contribution in [0.25, 0.3) is 11.2 Å². The molecule has 6 rings (SSSR count). The highest BCUT2D eigenvalue weighted by Gasteiger charge is 2.51. The van der Waals surface area contributed by atoms with Crippen LogP contribution in [0.1, 0.15) is 31.4 Å². The molecule has 21 heteroatoms. The summed E-state index contributed by atoms with van der Waals surface area (Å²) in [5, 5.41) is 21.1. The summed E-state index contributed by atoms with van der Waals surface area (Å²) in [6.45, 7) is -3.96. The third-order valence-corrected chi connectivity index (χ3v) is 11.6. The van der Waals surface area contributed by atoms with Gasteiger partial charge in [0.2, 0.25) is 0 Å². The quantitative estimate of drug-likeness (QED) is 0.0844. The first-order chi connectivity index (χ1) is 24.0. The first-order valence-electron chi connectivity index (χ1n) is 15.2. The SMILES string of the molecule is COC1C(OP(=O)(OC[C@H]2O[C@@H](n3cnc4c(N)ncnc43)CC2O)SCc2ccc(OC(C)=O)cc2)[C@@H](CO)O[C@H]1n1ccc(=O)[nH]c1=O. The Morgan fingerprint density at radius 1 is 1.12 bits per heavy atom. The van der Waals surface area contributed by atoms with E-state index in [4.69, 9.17) is 33.7 Å². The smallest absolute Gasteiger partial charge is 0.389 e. The predicted molar refractivity (Wildman–Crippen MR) is 175 cm³/mol. The molecule has 0 aliphatic carbocycles. The number of carbonyl (C=O) groups is 1. The van der Waals surface area contributed by atoms with Crippen molar-refractivity contribution in [1.82, 2.24) is 29.1 Å². The first-order valence-corrected chi connectivity index (χ1v) is 18.3. The number of fused-ring (bicyclic) bond motifs is 1. The number of aliphatic hydroxyl groups is 2. The van der Waals surface area contributed by atoms with Gasteiger partial charge in [-0.2, -0.15) is 0 Å². The molecular formula is C29H34N7O12PS. The van der Waals surface area contributed by atoms with Crippen molar-refractivity contribution in [3.63, 3.8) is 0 Å². The van der Waals surface area contributed by atoms with Gasteiger partial charge in [-0.25, -0.2) is 24.3 Å². The molecule has 2 aliphatic heterocycles. The molecule has 268 valence electrons. The van der Waals surface area contributed by atoms with Gasteiger partial charge in [-0.15, -0.1) is 0 Å². The van der Waals surface area contributed by atoms with Gasteiger partial charge in [0.25, 0.3) is 5.56 Å². The molecule has 2 saturated heterocycles. The molecule has 0 amide bonds. The number of nitrogen functional groups attached to an aromatic ring is 1. The Hall–Kier alpha value is -3.98. The van der Waals surface area contributed by atoms with Crippen LogP contribution in [0, 0.1) is 0 Å². The third-order valence-electron chi connectivity index (χ3n) is 7.99. The Bertz CT molecular complexity index is 1990. The summed E-state index contributed by atoms with van der Waals surface area (Å²) in [7, 11) is 1.32. The molecule has 0 saturated carbocycles. The molecule has 19 nitrogen and oxygen atoms in total. The topological polar surface area (TPSA) is 254 Å². The highest BCUT2D eigenvalue weighted by atomic mass is 32.7. The molecule has 0 bridgehead atoms. The largest absolute Gasteiger partial charge is 0.427 e. The van der Waals surface area contributed by atoms with Gasteiger partial charge in [-0.3, -0.25) is 32.8 Å². The lowest BCUT2D eigenvalue weighted by Crippen LogP contribution is -2.39. The average Bonchev–Trinajstić information content (AvgIpc) is 3.78. The van der Waals surface area contributed by atoms with Crippen LogP contribution in [0.3, 0.4) is 0 Å². The molecule has 0 spiro atoms. The number of ether oxygens (including phenoxy) is 4. The number of esters is 1. The fraction of sp³-hybridized carbons (Fsp3) is 0.448. The second kappa shape index (κ2) is 15.1. The van der Waals surface area contributed by atoms with E-state index in [1.165, 1.54) is 32.9 Å². The lowest BCUT2D eigenvalue weighted by Gasteiger charge is -2.28. The van der Waals surface area contributed by atoms with E-state index in [-0.39, 0.29) is 24.6 Å². The van der Waals surface area contributed by atoms with Crippen LogP contribution >= 0.6 is 18.2 Å². The minimum atomic E-state index is -4.24. The minimum Gasteiger partial charge on any atom is -0.427 e. The number of H-pyrrole nitrogens is 1. The zero-order valence-corrected chi connectivity index (χ0v) is 28.3. The maximum atomic E-state index is 14.6. The lowest BCUT2D eigenvalue weighted by molar-refractivity contribution is -0.131. The Balaban J connectivity index is 1.22. The van der Waals surface area contributed by atoms with E-state index < -0.39 is 73.6 Å². The summed E-state index contributed by atoms with van der Waals surface area (Å²) in [5.74, 6) is 0.114. The molecule has 8 atom stereocenters. The molecule has 2 aliphatic rings. The number of hydrogen-bond acceptors (Lipinski definition) is 17. The number of aromatic amines is 1. The molecule has 0 radical (unpaired) electrons. The predicted octanol–water partition coefficient (Wildman–Crippen LogP) is 0.880. The van der Waals surface area contributed by atoms with E-state index in [2.05, 4.69) is 19.9 Å². The van der Waals surface area contributed by atoms with Crippen molar-refractivity contribution >= 4 is 41.1 Å². The van der Waals surface area contributed by atoms with E-state index in [9.17, 15) is 29.2 Å². The summed E-state index contributed by atoms with van der Waals surface area (Å²) in [4.78, 5) is 50.1. The Morgan fingerprint density at radius 3 is 2.60 bits per heavy atom. The van der Waals surface area contributed by atoms with E-state index in [1.54, 1.807) is 28.8 Å². The normalized spacial score (nSPS) is 26.3. The van der Waals surface area contributed by atoms with Gasteiger partial charge in [0.1, 0.15) is 48.2 Å². The standard InChI is InChI=1S/C29H34N7O12PS/c1-15(38)45-17-5-3-16(4-6-17)12-50-49(42,48-24-19(10-37)47-28(25(24)43-2)35-8-7-21(40)34-29(35)41)44-11-20-18(39)9-22(46-20)36-14-33-23-26(30)31-13-32-27(23)36/h3-8,13-14,18-20,22,24-25,28,37,39H,9-12H2,1-2H3,(H2,30,31,32)(H,34,40,41)/t18?,19-,20-,22-,24?,25?,28-,49?/m1/s1. The van der Waals surface area contributed by atoms with E-state index in [0.717, 1.165) is 22.0 Å². The molecule has 4 unspecified atom stereocenters. The number of benzene rings is 1. The number of aromatic nitrogens is 6. The number of imidazole rings is 1. The van der Waals surface area contributed by atoms with Crippen LogP contribution in [0.5, 0.6) is 5.75 Å². The van der Waals surface area contributed by atoms with E-state index in [0.29, 0.717) is 22.5 Å². The molecule has 5 N–H and O–H groups in total. The Labute approximate surface area is 286 Å². The number of nitrogens with one attached hydrogen (secondary N) is 1. The second-order valence-electron chi connectivity index (χ2n) is 11.3. The van der Waals surface area contributed by atoms with E-state index >= 15 is 0 Å². The van der Waals surface area contributed by atoms with Crippen molar-refractivity contribution in [2.24, 2.45) is 0 Å². The summed E-state index contributed by atoms with van der Waals surface area (Å²) >= 11 is 0.809. The van der Waals surface area contributed by atoms with Crippen molar-refractivity contribution in [2.45, 2.75) is 62.1 Å². The fourth-order valence-corrected chi connectivity index (χ4v) is 8.97. The van der Waals surface area contributed by atoms with Crippen molar-refractivity contribution < 1.29 is 47.6 Å². The van der Waals surface area contributed by atoms with Crippen LogP contribution in [-0.4, -0.2) is 96.1 Å². The number of carbonyl (C=O) groups excluding carboxylic acids is 1. The lowest BCUT2D eigenvalue weighted by atomic mass is 10.1. The monoisotopic (exact) mass is 735 g/mol. The number of aliphatic hydroxyl groups excluding tert-OH is 2. The molecule has 5 heterocycles. The summed E-state index contributed by atoms with van der Waals surface area (Å²) in [6.07, 6.45) is -3.28. The van der Waals surface area contributed by atoms with Gasteiger partial charge in [0.15, 0.2) is 17.7 Å². The highest BCUT2D eigenvalue weighted by molar-refractivity contribution is 8.54. The van der Waals surface area contributed by atoms with Gasteiger partial charge in [-0.1, -0.05) is 12.1 Å². The average molecular weight is 736 g/mol. The van der Waals surface area contributed by atoms with Gasteiger partial charge in [0.05, 0.1) is 25.6 Å². The third kappa shape index (κ3) is 7.68. The van der Waals surface area contributed by atoms with Gasteiger partial charge >= 0.3 is 18.5 Å². The molecule has 2 fully saturated rings. The van der Waals surface area contributed by atoms with Gasteiger partial charge in [0, 0.05) is 38.5 Å². The summed E-state index contributed by atoms with van der Waals surface area (Å²) in [6, 6.07) is 7.60. The number of rotatable bonds is 13. The molecule has 4 aromatic rings. The maximum Gasteiger partial charge on any atom is 0.389 e. The number of hydrogen-bond donors (Lipinski definition) is 4. The zero-order chi connectivity index (χ0) is 35.6. The van der Waals surface area contributed by atoms with Crippen molar-refractivity contribution in [2.75, 3.05) is 26.1 Å². The molecule has 3 aromatic heterocycles. The van der Waals surface area contributed by atoms with Crippen molar-refractivity contribution in [3.8, 4) is 5.75 Å². The van der Waals surface area contributed by atoms with Gasteiger partial charge in [-0.05, 0) is 29.1 Å².